The molecule has 5 heteroatoms. The van der Waals surface area contributed by atoms with Crippen molar-refractivity contribution < 1.29 is 9.53 Å². The van der Waals surface area contributed by atoms with Crippen molar-refractivity contribution in [3.05, 3.63) is 18.5 Å². The number of esters is 1. The van der Waals surface area contributed by atoms with Crippen molar-refractivity contribution in [1.29, 1.82) is 0 Å². The van der Waals surface area contributed by atoms with Crippen molar-refractivity contribution in [2.24, 2.45) is 0 Å². The molecule has 1 fully saturated rings. The Morgan fingerprint density at radius 2 is 2.35 bits per heavy atom. The van der Waals surface area contributed by atoms with Crippen molar-refractivity contribution in [2.45, 2.75) is 51.4 Å². The topological polar surface area (TPSA) is 56.2 Å². The average Bonchev–Trinajstić information content (AvgIpc) is 2.88. The lowest BCUT2D eigenvalue weighted by atomic mass is 10.1. The van der Waals surface area contributed by atoms with Gasteiger partial charge in [-0.2, -0.15) is 5.10 Å². The van der Waals surface area contributed by atoms with E-state index in [9.17, 15) is 4.79 Å². The normalized spacial score (nSPS) is 27.8. The molecule has 4 atom stereocenters. The van der Waals surface area contributed by atoms with Crippen LogP contribution in [0.4, 0.5) is 0 Å². The van der Waals surface area contributed by atoms with Gasteiger partial charge in [0, 0.05) is 24.9 Å². The van der Waals surface area contributed by atoms with Gasteiger partial charge in [-0.15, -0.1) is 0 Å². The summed E-state index contributed by atoms with van der Waals surface area (Å²) in [5.41, 5.74) is 0. The van der Waals surface area contributed by atoms with Crippen LogP contribution in [0.25, 0.3) is 0 Å². The zero-order chi connectivity index (χ0) is 12.4. The quantitative estimate of drug-likeness (QED) is 0.797. The molecule has 0 spiro atoms. The zero-order valence-corrected chi connectivity index (χ0v) is 10.5. The van der Waals surface area contributed by atoms with Crippen LogP contribution in [0.3, 0.4) is 0 Å². The van der Waals surface area contributed by atoms with Gasteiger partial charge in [-0.1, -0.05) is 0 Å². The molecular weight excluding hydrogens is 218 g/mol. The number of rotatable bonds is 4. The molecule has 2 rings (SSSR count). The fraction of sp³-hybridized carbons (Fsp3) is 0.667. The van der Waals surface area contributed by atoms with Crippen LogP contribution < -0.4 is 5.32 Å². The van der Waals surface area contributed by atoms with Gasteiger partial charge in [0.1, 0.15) is 12.1 Å². The number of cyclic esters (lactones) is 1. The second kappa shape index (κ2) is 4.87. The van der Waals surface area contributed by atoms with Gasteiger partial charge >= 0.3 is 5.97 Å². The van der Waals surface area contributed by atoms with Crippen LogP contribution in [0.15, 0.2) is 18.5 Å². The van der Waals surface area contributed by atoms with Crippen molar-refractivity contribution in [3.63, 3.8) is 0 Å². The fourth-order valence-electron chi connectivity index (χ4n) is 2.10. The molecule has 0 aromatic carbocycles. The van der Waals surface area contributed by atoms with Crippen LogP contribution in [0.5, 0.6) is 0 Å². The van der Waals surface area contributed by atoms with E-state index in [2.05, 4.69) is 24.3 Å². The SMILES string of the molecule is C[C@@H]1C[C@H](N[C@H](C)[C@H](C)n2cccn2)C(=O)O1. The molecule has 0 aliphatic carbocycles. The highest BCUT2D eigenvalue weighted by atomic mass is 16.6. The second-order valence-electron chi connectivity index (χ2n) is 4.72. The van der Waals surface area contributed by atoms with E-state index < -0.39 is 0 Å². The first-order valence-corrected chi connectivity index (χ1v) is 6.03. The number of hydrogen-bond acceptors (Lipinski definition) is 4. The average molecular weight is 237 g/mol. The largest absolute Gasteiger partial charge is 0.461 e. The third-order valence-electron chi connectivity index (χ3n) is 3.30. The van der Waals surface area contributed by atoms with Gasteiger partial charge in [0.15, 0.2) is 0 Å². The molecule has 1 aliphatic rings. The Balaban J connectivity index is 1.93. The lowest BCUT2D eigenvalue weighted by molar-refractivity contribution is -0.142. The van der Waals surface area contributed by atoms with Crippen LogP contribution in [-0.4, -0.2) is 33.9 Å². The minimum Gasteiger partial charge on any atom is -0.461 e. The van der Waals surface area contributed by atoms with E-state index in [4.69, 9.17) is 4.74 Å². The Bertz CT molecular complexity index is 377. The number of carbonyl (C=O) groups is 1. The van der Waals surface area contributed by atoms with E-state index in [0.29, 0.717) is 0 Å². The van der Waals surface area contributed by atoms with Gasteiger partial charge in [0.2, 0.25) is 0 Å². The van der Waals surface area contributed by atoms with Crippen LogP contribution in [0, 0.1) is 0 Å². The Kier molecular flexibility index (Phi) is 3.47. The summed E-state index contributed by atoms with van der Waals surface area (Å²) in [5.74, 6) is -0.142. The summed E-state index contributed by atoms with van der Waals surface area (Å²) in [5, 5.41) is 7.52. The lowest BCUT2D eigenvalue weighted by Crippen LogP contribution is -2.43. The van der Waals surface area contributed by atoms with Gasteiger partial charge in [0.25, 0.3) is 0 Å². The van der Waals surface area contributed by atoms with Gasteiger partial charge < -0.3 is 4.74 Å². The van der Waals surface area contributed by atoms with Gasteiger partial charge in [-0.05, 0) is 26.8 Å². The minimum absolute atomic E-state index is 0.0206. The second-order valence-corrected chi connectivity index (χ2v) is 4.72. The van der Waals surface area contributed by atoms with Crippen LogP contribution in [0.2, 0.25) is 0 Å². The molecule has 1 aromatic rings. The van der Waals surface area contributed by atoms with Crippen LogP contribution >= 0.6 is 0 Å². The molecule has 5 nitrogen and oxygen atoms in total. The standard InChI is InChI=1S/C12H19N3O2/c1-8-7-11(12(16)17-8)14-9(2)10(3)15-6-4-5-13-15/h4-6,8-11,14H,7H2,1-3H3/t8-,9-,10+,11+/m1/s1. The summed E-state index contributed by atoms with van der Waals surface area (Å²) in [6, 6.07) is 2.08. The Hall–Kier alpha value is -1.36. The summed E-state index contributed by atoms with van der Waals surface area (Å²) >= 11 is 0. The minimum atomic E-state index is -0.182. The summed E-state index contributed by atoms with van der Waals surface area (Å²) in [4.78, 5) is 11.5. The molecule has 94 valence electrons. The number of nitrogens with one attached hydrogen (secondary N) is 1. The first-order valence-electron chi connectivity index (χ1n) is 6.03. The highest BCUT2D eigenvalue weighted by Crippen LogP contribution is 2.17. The maximum absolute atomic E-state index is 11.5. The lowest BCUT2D eigenvalue weighted by Gasteiger charge is -2.23. The molecule has 1 aliphatic heterocycles. The predicted molar refractivity (Wildman–Crippen MR) is 63.5 cm³/mol. The van der Waals surface area contributed by atoms with E-state index in [1.54, 1.807) is 6.20 Å². The molecule has 0 saturated carbocycles. The molecule has 0 bridgehead atoms. The number of nitrogens with zero attached hydrogens (tertiary/aromatic N) is 2. The number of ether oxygens (including phenoxy) is 1. The van der Waals surface area contributed by atoms with E-state index in [0.717, 1.165) is 6.42 Å². The smallest absolute Gasteiger partial charge is 0.323 e. The summed E-state index contributed by atoms with van der Waals surface area (Å²) in [7, 11) is 0. The van der Waals surface area contributed by atoms with Crippen LogP contribution in [0.1, 0.15) is 33.2 Å². The molecule has 17 heavy (non-hydrogen) atoms. The third-order valence-corrected chi connectivity index (χ3v) is 3.30. The summed E-state index contributed by atoms with van der Waals surface area (Å²) < 4.78 is 7.01. The summed E-state index contributed by atoms with van der Waals surface area (Å²) in [6.07, 6.45) is 4.45. The number of hydrogen-bond donors (Lipinski definition) is 1. The maximum Gasteiger partial charge on any atom is 0.323 e. The van der Waals surface area contributed by atoms with Crippen molar-refractivity contribution in [3.8, 4) is 0 Å². The Morgan fingerprint density at radius 3 is 2.88 bits per heavy atom. The highest BCUT2D eigenvalue weighted by Gasteiger charge is 2.33. The zero-order valence-electron chi connectivity index (χ0n) is 10.5. The molecule has 0 amide bonds. The van der Waals surface area contributed by atoms with Crippen molar-refractivity contribution >= 4 is 5.97 Å². The van der Waals surface area contributed by atoms with Crippen molar-refractivity contribution in [2.75, 3.05) is 0 Å². The Labute approximate surface area is 101 Å². The molecule has 1 saturated heterocycles. The molecule has 2 heterocycles. The molecule has 1 N–H and O–H groups in total. The monoisotopic (exact) mass is 237 g/mol. The maximum atomic E-state index is 11.5. The number of aromatic nitrogens is 2. The number of carbonyl (C=O) groups excluding carboxylic acids is 1. The van der Waals surface area contributed by atoms with Gasteiger partial charge in [-0.3, -0.25) is 14.8 Å². The Morgan fingerprint density at radius 1 is 1.59 bits per heavy atom. The first kappa shape index (κ1) is 12.1. The highest BCUT2D eigenvalue weighted by molar-refractivity contribution is 5.77. The fourth-order valence-corrected chi connectivity index (χ4v) is 2.10. The van der Waals surface area contributed by atoms with Crippen LogP contribution in [-0.2, 0) is 9.53 Å². The molecule has 1 aromatic heterocycles. The van der Waals surface area contributed by atoms with Gasteiger partial charge in [0.05, 0.1) is 6.04 Å². The molecule has 0 radical (unpaired) electrons. The molecule has 0 unspecified atom stereocenters. The van der Waals surface area contributed by atoms with E-state index in [-0.39, 0.29) is 30.2 Å². The predicted octanol–water partition coefficient (Wildman–Crippen LogP) is 1.13. The molecular formula is C12H19N3O2. The first-order chi connectivity index (χ1) is 8.08. The van der Waals surface area contributed by atoms with E-state index >= 15 is 0 Å². The van der Waals surface area contributed by atoms with Gasteiger partial charge in [-0.25, -0.2) is 0 Å². The third kappa shape index (κ3) is 2.66. The van der Waals surface area contributed by atoms with Crippen molar-refractivity contribution in [1.82, 2.24) is 15.1 Å². The summed E-state index contributed by atoms with van der Waals surface area (Å²) in [6.45, 7) is 6.05. The van der Waals surface area contributed by atoms with E-state index in [1.165, 1.54) is 0 Å². The van der Waals surface area contributed by atoms with E-state index in [1.807, 2.05) is 23.9 Å².